The largest absolute Gasteiger partial charge is 0.501 e. The van der Waals surface area contributed by atoms with E-state index in [-0.39, 0.29) is 30.0 Å². The second-order valence-electron chi connectivity index (χ2n) is 8.44. The third-order valence-corrected chi connectivity index (χ3v) is 6.09. The summed E-state index contributed by atoms with van der Waals surface area (Å²) in [5.74, 6) is 1.42. The number of hydrogen-bond acceptors (Lipinski definition) is 5. The summed E-state index contributed by atoms with van der Waals surface area (Å²) in [6.07, 6.45) is 4.52. The summed E-state index contributed by atoms with van der Waals surface area (Å²) >= 11 is 0. The van der Waals surface area contributed by atoms with Crippen molar-refractivity contribution in [2.75, 3.05) is 7.11 Å². The van der Waals surface area contributed by atoms with Gasteiger partial charge in [0.1, 0.15) is 11.9 Å². The Hall–Kier alpha value is -2.53. The molecule has 5 nitrogen and oxygen atoms in total. The third kappa shape index (κ3) is 6.49. The van der Waals surface area contributed by atoms with Crippen molar-refractivity contribution in [3.05, 3.63) is 65.6 Å². The summed E-state index contributed by atoms with van der Waals surface area (Å²) in [5.41, 5.74) is 3.21. The Balaban J connectivity index is 2.31. The van der Waals surface area contributed by atoms with Crippen molar-refractivity contribution in [1.29, 1.82) is 0 Å². The Bertz CT molecular complexity index is 853. The Morgan fingerprint density at radius 3 is 2.53 bits per heavy atom. The van der Waals surface area contributed by atoms with E-state index in [0.717, 1.165) is 34.6 Å². The van der Waals surface area contributed by atoms with Crippen molar-refractivity contribution in [2.24, 2.45) is 11.8 Å². The summed E-state index contributed by atoms with van der Waals surface area (Å²) in [5, 5.41) is 0. The maximum absolute atomic E-state index is 11.6. The Morgan fingerprint density at radius 1 is 1.22 bits per heavy atom. The SMILES string of the molecule is C=C(Cc1cccc(/C(C)=C(/C=C\C)OC2OC(C)C(OC(C)=O)C(CC)C2C)c1)OC. The molecule has 1 aromatic rings. The molecule has 176 valence electrons. The highest BCUT2D eigenvalue weighted by Crippen LogP contribution is 2.37. The van der Waals surface area contributed by atoms with Crippen LogP contribution in [0, 0.1) is 11.8 Å². The van der Waals surface area contributed by atoms with Gasteiger partial charge in [0.25, 0.3) is 0 Å². The summed E-state index contributed by atoms with van der Waals surface area (Å²) in [6.45, 7) is 15.5. The molecular formula is C27H38O5. The van der Waals surface area contributed by atoms with E-state index in [0.29, 0.717) is 6.42 Å². The molecule has 1 aliphatic heterocycles. The molecule has 1 aromatic carbocycles. The molecule has 0 radical (unpaired) electrons. The second kappa shape index (κ2) is 11.9. The lowest BCUT2D eigenvalue weighted by Crippen LogP contribution is -2.51. The summed E-state index contributed by atoms with van der Waals surface area (Å²) in [6, 6.07) is 8.29. The van der Waals surface area contributed by atoms with Gasteiger partial charge in [-0.1, -0.05) is 50.8 Å². The number of rotatable bonds is 9. The van der Waals surface area contributed by atoms with Gasteiger partial charge in [-0.2, -0.15) is 0 Å². The molecule has 2 rings (SSSR count). The van der Waals surface area contributed by atoms with Gasteiger partial charge in [0, 0.05) is 25.2 Å². The number of hydrogen-bond donors (Lipinski definition) is 0. The molecule has 32 heavy (non-hydrogen) atoms. The van der Waals surface area contributed by atoms with Crippen LogP contribution in [-0.4, -0.2) is 31.6 Å². The first-order chi connectivity index (χ1) is 15.2. The third-order valence-electron chi connectivity index (χ3n) is 6.09. The average molecular weight is 443 g/mol. The van der Waals surface area contributed by atoms with Crippen LogP contribution in [0.3, 0.4) is 0 Å². The van der Waals surface area contributed by atoms with E-state index in [1.807, 2.05) is 32.1 Å². The normalized spacial score (nSPS) is 26.4. The Kier molecular flexibility index (Phi) is 9.58. The first-order valence-corrected chi connectivity index (χ1v) is 11.4. The zero-order chi connectivity index (χ0) is 23.8. The van der Waals surface area contributed by atoms with Crippen molar-refractivity contribution in [3.8, 4) is 0 Å². The van der Waals surface area contributed by atoms with Crippen molar-refractivity contribution in [1.82, 2.24) is 0 Å². The maximum Gasteiger partial charge on any atom is 0.303 e. The minimum Gasteiger partial charge on any atom is -0.501 e. The molecule has 1 heterocycles. The molecule has 1 saturated heterocycles. The molecular weight excluding hydrogens is 404 g/mol. The van der Waals surface area contributed by atoms with Gasteiger partial charge in [-0.15, -0.1) is 0 Å². The lowest BCUT2D eigenvalue weighted by Gasteiger charge is -2.44. The van der Waals surface area contributed by atoms with Crippen LogP contribution in [0.15, 0.2) is 54.5 Å². The Labute approximate surface area is 193 Å². The van der Waals surface area contributed by atoms with Crippen LogP contribution >= 0.6 is 0 Å². The predicted octanol–water partition coefficient (Wildman–Crippen LogP) is 6.05. The minimum absolute atomic E-state index is 0.0602. The molecule has 0 N–H and O–H groups in total. The van der Waals surface area contributed by atoms with Crippen LogP contribution in [0.2, 0.25) is 0 Å². The van der Waals surface area contributed by atoms with E-state index < -0.39 is 6.29 Å². The highest BCUT2D eigenvalue weighted by atomic mass is 16.7. The van der Waals surface area contributed by atoms with E-state index in [1.54, 1.807) is 7.11 Å². The molecule has 0 aliphatic carbocycles. The van der Waals surface area contributed by atoms with E-state index in [9.17, 15) is 4.79 Å². The molecule has 0 aromatic heterocycles. The fourth-order valence-electron chi connectivity index (χ4n) is 4.26. The first kappa shape index (κ1) is 25.7. The minimum atomic E-state index is -0.431. The maximum atomic E-state index is 11.6. The number of allylic oxidation sites excluding steroid dienone is 4. The van der Waals surface area contributed by atoms with Crippen LogP contribution in [0.5, 0.6) is 0 Å². The van der Waals surface area contributed by atoms with Crippen LogP contribution in [0.25, 0.3) is 5.57 Å². The standard InChI is InChI=1S/C27H38O5/c1-9-12-25(18(4)23-14-11-13-22(16-23)15-17(3)29-8)32-27-19(5)24(10-2)26(20(6)30-27)31-21(7)28/h9,11-14,16,19-20,24,26-27H,3,10,15H2,1-2,4-8H3/b12-9-,25-18-. The zero-order valence-electron chi connectivity index (χ0n) is 20.5. The Morgan fingerprint density at radius 2 is 1.94 bits per heavy atom. The lowest BCUT2D eigenvalue weighted by molar-refractivity contribution is -0.252. The van der Waals surface area contributed by atoms with Crippen LogP contribution in [-0.2, 0) is 30.2 Å². The highest BCUT2D eigenvalue weighted by molar-refractivity contribution is 5.68. The number of carbonyl (C=O) groups is 1. The number of ether oxygens (including phenoxy) is 4. The van der Waals surface area contributed by atoms with Crippen LogP contribution in [0.4, 0.5) is 0 Å². The summed E-state index contributed by atoms with van der Waals surface area (Å²) < 4.78 is 23.5. The molecule has 5 atom stereocenters. The summed E-state index contributed by atoms with van der Waals surface area (Å²) in [4.78, 5) is 11.6. The number of esters is 1. The van der Waals surface area contributed by atoms with E-state index in [1.165, 1.54) is 6.92 Å². The molecule has 0 bridgehead atoms. The quantitative estimate of drug-likeness (QED) is 0.265. The number of benzene rings is 1. The first-order valence-electron chi connectivity index (χ1n) is 11.4. The van der Waals surface area contributed by atoms with Crippen molar-refractivity contribution < 1.29 is 23.7 Å². The molecule has 0 spiro atoms. The molecule has 1 fully saturated rings. The zero-order valence-corrected chi connectivity index (χ0v) is 20.5. The average Bonchev–Trinajstić information content (AvgIpc) is 2.76. The predicted molar refractivity (Wildman–Crippen MR) is 128 cm³/mol. The smallest absolute Gasteiger partial charge is 0.303 e. The molecule has 0 saturated carbocycles. The van der Waals surface area contributed by atoms with Gasteiger partial charge in [-0.3, -0.25) is 4.79 Å². The van der Waals surface area contributed by atoms with Gasteiger partial charge in [-0.05, 0) is 50.0 Å². The van der Waals surface area contributed by atoms with Crippen LogP contribution < -0.4 is 0 Å². The van der Waals surface area contributed by atoms with Crippen molar-refractivity contribution in [2.45, 2.75) is 72.9 Å². The fourth-order valence-corrected chi connectivity index (χ4v) is 4.26. The molecule has 0 amide bonds. The monoisotopic (exact) mass is 442 g/mol. The number of carbonyl (C=O) groups excluding carboxylic acids is 1. The highest BCUT2D eigenvalue weighted by Gasteiger charge is 2.44. The fraction of sp³-hybridized carbons (Fsp3) is 0.519. The van der Waals surface area contributed by atoms with Gasteiger partial charge in [0.2, 0.25) is 6.29 Å². The molecule has 1 aliphatic rings. The van der Waals surface area contributed by atoms with Crippen LogP contribution in [0.1, 0.15) is 59.1 Å². The van der Waals surface area contributed by atoms with Gasteiger partial charge in [-0.25, -0.2) is 0 Å². The topological polar surface area (TPSA) is 54.0 Å². The molecule has 5 heteroatoms. The van der Waals surface area contributed by atoms with Gasteiger partial charge >= 0.3 is 5.97 Å². The second-order valence-corrected chi connectivity index (χ2v) is 8.44. The van der Waals surface area contributed by atoms with Gasteiger partial charge in [0.15, 0.2) is 0 Å². The van der Waals surface area contributed by atoms with Crippen molar-refractivity contribution in [3.63, 3.8) is 0 Å². The van der Waals surface area contributed by atoms with E-state index >= 15 is 0 Å². The van der Waals surface area contributed by atoms with Crippen molar-refractivity contribution >= 4 is 11.5 Å². The molecule has 5 unspecified atom stereocenters. The van der Waals surface area contributed by atoms with Gasteiger partial charge in [0.05, 0.1) is 19.0 Å². The number of methoxy groups -OCH3 is 1. The van der Waals surface area contributed by atoms with Gasteiger partial charge < -0.3 is 18.9 Å². The summed E-state index contributed by atoms with van der Waals surface area (Å²) in [7, 11) is 1.64. The van der Waals surface area contributed by atoms with E-state index in [4.69, 9.17) is 18.9 Å². The lowest BCUT2D eigenvalue weighted by atomic mass is 9.81. The van der Waals surface area contributed by atoms with E-state index in [2.05, 4.69) is 45.5 Å².